The molecule has 1 aliphatic carbocycles. The summed E-state index contributed by atoms with van der Waals surface area (Å²) in [5, 5.41) is 3.45. The van der Waals surface area contributed by atoms with E-state index in [1.165, 1.54) is 38.8 Å². The van der Waals surface area contributed by atoms with Gasteiger partial charge in [-0.15, -0.1) is 0 Å². The molecule has 1 N–H and O–H groups in total. The lowest BCUT2D eigenvalue weighted by molar-refractivity contribution is 0.184. The van der Waals surface area contributed by atoms with Gasteiger partial charge in [0.2, 0.25) is 0 Å². The lowest BCUT2D eigenvalue weighted by atomic mass is 10.1. The fourth-order valence-electron chi connectivity index (χ4n) is 2.56. The molecule has 0 aromatic heterocycles. The summed E-state index contributed by atoms with van der Waals surface area (Å²) in [6.45, 7) is 7.02. The summed E-state index contributed by atoms with van der Waals surface area (Å²) < 4.78 is 0. The van der Waals surface area contributed by atoms with Gasteiger partial charge in [0, 0.05) is 12.1 Å². The van der Waals surface area contributed by atoms with Gasteiger partial charge in [-0.2, -0.15) is 0 Å². The molecule has 13 heavy (non-hydrogen) atoms. The standard InChI is InChI=1S/C11H24N2/c1-4-9-13(5-2)11-8-6-7-10(11)12-3/h10-12H,4-9H2,1-3H3. The molecular weight excluding hydrogens is 160 g/mol. The summed E-state index contributed by atoms with van der Waals surface area (Å²) >= 11 is 0. The Morgan fingerprint density at radius 2 is 2.08 bits per heavy atom. The highest BCUT2D eigenvalue weighted by molar-refractivity contribution is 4.89. The molecule has 78 valence electrons. The molecule has 2 atom stereocenters. The molecule has 0 aliphatic heterocycles. The van der Waals surface area contributed by atoms with E-state index in [9.17, 15) is 0 Å². The summed E-state index contributed by atoms with van der Waals surface area (Å²) in [7, 11) is 2.10. The molecule has 0 bridgehead atoms. The maximum absolute atomic E-state index is 3.45. The molecule has 1 aliphatic rings. The van der Waals surface area contributed by atoms with Crippen LogP contribution >= 0.6 is 0 Å². The molecule has 0 amide bonds. The Kier molecular flexibility index (Phi) is 4.74. The number of hydrogen-bond donors (Lipinski definition) is 1. The Morgan fingerprint density at radius 1 is 1.31 bits per heavy atom. The van der Waals surface area contributed by atoms with Crippen molar-refractivity contribution in [1.82, 2.24) is 10.2 Å². The van der Waals surface area contributed by atoms with E-state index >= 15 is 0 Å². The van der Waals surface area contributed by atoms with E-state index in [0.29, 0.717) is 0 Å². The average molecular weight is 184 g/mol. The van der Waals surface area contributed by atoms with Crippen molar-refractivity contribution in [2.75, 3.05) is 20.1 Å². The number of nitrogens with zero attached hydrogens (tertiary/aromatic N) is 1. The highest BCUT2D eigenvalue weighted by atomic mass is 15.2. The Morgan fingerprint density at radius 3 is 2.62 bits per heavy atom. The van der Waals surface area contributed by atoms with Crippen molar-refractivity contribution in [1.29, 1.82) is 0 Å². The van der Waals surface area contributed by atoms with Crippen LogP contribution in [-0.4, -0.2) is 37.1 Å². The summed E-state index contributed by atoms with van der Waals surface area (Å²) in [5.41, 5.74) is 0. The first-order chi connectivity index (χ1) is 6.33. The van der Waals surface area contributed by atoms with Crippen LogP contribution in [0, 0.1) is 0 Å². The zero-order valence-corrected chi connectivity index (χ0v) is 9.34. The van der Waals surface area contributed by atoms with Crippen molar-refractivity contribution in [2.24, 2.45) is 0 Å². The van der Waals surface area contributed by atoms with E-state index in [1.807, 2.05) is 0 Å². The van der Waals surface area contributed by atoms with Gasteiger partial charge in [0.05, 0.1) is 0 Å². The molecule has 0 heterocycles. The molecule has 0 spiro atoms. The largest absolute Gasteiger partial charge is 0.315 e. The second-order valence-electron chi connectivity index (χ2n) is 4.02. The Bertz CT molecular complexity index is 136. The van der Waals surface area contributed by atoms with Crippen molar-refractivity contribution in [3.8, 4) is 0 Å². The molecule has 2 unspecified atom stereocenters. The van der Waals surface area contributed by atoms with Gasteiger partial charge in [-0.1, -0.05) is 20.3 Å². The van der Waals surface area contributed by atoms with Crippen molar-refractivity contribution < 1.29 is 0 Å². The molecule has 2 nitrogen and oxygen atoms in total. The normalized spacial score (nSPS) is 28.6. The second kappa shape index (κ2) is 5.61. The predicted molar refractivity (Wildman–Crippen MR) is 58.0 cm³/mol. The molecule has 0 radical (unpaired) electrons. The minimum atomic E-state index is 0.742. The van der Waals surface area contributed by atoms with Crippen molar-refractivity contribution in [3.05, 3.63) is 0 Å². The summed E-state index contributed by atoms with van der Waals surface area (Å²) in [6, 6.07) is 1.54. The molecule has 1 saturated carbocycles. The Labute approximate surface area is 82.7 Å². The van der Waals surface area contributed by atoms with E-state index in [-0.39, 0.29) is 0 Å². The molecule has 2 heteroatoms. The minimum absolute atomic E-state index is 0.742. The van der Waals surface area contributed by atoms with Crippen molar-refractivity contribution in [2.45, 2.75) is 51.6 Å². The SMILES string of the molecule is CCCN(CC)C1CCCC1NC. The molecule has 0 aromatic carbocycles. The summed E-state index contributed by atoms with van der Waals surface area (Å²) in [4.78, 5) is 2.63. The van der Waals surface area contributed by atoms with Crippen LogP contribution in [0.2, 0.25) is 0 Å². The van der Waals surface area contributed by atoms with Gasteiger partial charge in [-0.25, -0.2) is 0 Å². The molecule has 1 fully saturated rings. The van der Waals surface area contributed by atoms with Crippen LogP contribution in [0.3, 0.4) is 0 Å². The zero-order chi connectivity index (χ0) is 9.68. The van der Waals surface area contributed by atoms with Crippen molar-refractivity contribution in [3.63, 3.8) is 0 Å². The van der Waals surface area contributed by atoms with Gasteiger partial charge in [-0.3, -0.25) is 4.90 Å². The third kappa shape index (κ3) is 2.68. The van der Waals surface area contributed by atoms with Gasteiger partial charge in [0.15, 0.2) is 0 Å². The number of rotatable bonds is 5. The maximum atomic E-state index is 3.45. The highest BCUT2D eigenvalue weighted by Crippen LogP contribution is 2.23. The quantitative estimate of drug-likeness (QED) is 0.701. The van der Waals surface area contributed by atoms with Gasteiger partial charge in [0.1, 0.15) is 0 Å². The minimum Gasteiger partial charge on any atom is -0.315 e. The van der Waals surface area contributed by atoms with Gasteiger partial charge < -0.3 is 5.32 Å². The third-order valence-corrected chi connectivity index (χ3v) is 3.24. The van der Waals surface area contributed by atoms with E-state index < -0.39 is 0 Å². The van der Waals surface area contributed by atoms with E-state index in [2.05, 4.69) is 31.1 Å². The lowest BCUT2D eigenvalue weighted by Crippen LogP contribution is -2.45. The lowest BCUT2D eigenvalue weighted by Gasteiger charge is -2.31. The average Bonchev–Trinajstić information content (AvgIpc) is 2.61. The smallest absolute Gasteiger partial charge is 0.0249 e. The molecule has 0 aromatic rings. The predicted octanol–water partition coefficient (Wildman–Crippen LogP) is 1.86. The van der Waals surface area contributed by atoms with E-state index in [0.717, 1.165) is 12.1 Å². The van der Waals surface area contributed by atoms with E-state index in [1.54, 1.807) is 0 Å². The Hall–Kier alpha value is -0.0800. The first-order valence-electron chi connectivity index (χ1n) is 5.74. The van der Waals surface area contributed by atoms with Crippen LogP contribution in [0.5, 0.6) is 0 Å². The number of likely N-dealkylation sites (N-methyl/N-ethyl adjacent to an activating group) is 2. The zero-order valence-electron chi connectivity index (χ0n) is 9.34. The fourth-order valence-corrected chi connectivity index (χ4v) is 2.56. The molecule has 0 saturated heterocycles. The molecular formula is C11H24N2. The first-order valence-corrected chi connectivity index (χ1v) is 5.74. The third-order valence-electron chi connectivity index (χ3n) is 3.24. The van der Waals surface area contributed by atoms with Crippen LogP contribution < -0.4 is 5.32 Å². The summed E-state index contributed by atoms with van der Waals surface area (Å²) in [6.07, 6.45) is 5.43. The maximum Gasteiger partial charge on any atom is 0.0249 e. The number of nitrogens with one attached hydrogen (secondary N) is 1. The summed E-state index contributed by atoms with van der Waals surface area (Å²) in [5.74, 6) is 0. The molecule has 1 rings (SSSR count). The van der Waals surface area contributed by atoms with Gasteiger partial charge in [-0.05, 0) is 39.4 Å². The number of hydrogen-bond acceptors (Lipinski definition) is 2. The van der Waals surface area contributed by atoms with Crippen LogP contribution in [0.25, 0.3) is 0 Å². The van der Waals surface area contributed by atoms with Crippen LogP contribution in [0.15, 0.2) is 0 Å². The second-order valence-corrected chi connectivity index (χ2v) is 4.02. The van der Waals surface area contributed by atoms with Crippen LogP contribution in [0.4, 0.5) is 0 Å². The van der Waals surface area contributed by atoms with Crippen LogP contribution in [-0.2, 0) is 0 Å². The van der Waals surface area contributed by atoms with Gasteiger partial charge in [0.25, 0.3) is 0 Å². The highest BCUT2D eigenvalue weighted by Gasteiger charge is 2.29. The fraction of sp³-hybridized carbons (Fsp3) is 1.00. The van der Waals surface area contributed by atoms with Gasteiger partial charge >= 0.3 is 0 Å². The topological polar surface area (TPSA) is 15.3 Å². The monoisotopic (exact) mass is 184 g/mol. The Balaban J connectivity index is 2.46. The van der Waals surface area contributed by atoms with Crippen LogP contribution in [0.1, 0.15) is 39.5 Å². The van der Waals surface area contributed by atoms with E-state index in [4.69, 9.17) is 0 Å². The van der Waals surface area contributed by atoms with Crippen molar-refractivity contribution >= 4 is 0 Å². The first kappa shape index (κ1) is 11.0.